The predicted octanol–water partition coefficient (Wildman–Crippen LogP) is 2.69. The Morgan fingerprint density at radius 3 is 2.53 bits per heavy atom. The molecular weight excluding hydrogens is 480 g/mol. The molecule has 1 aromatic rings. The number of hydrogen-bond donors (Lipinski definition) is 2. The molecule has 36 heavy (non-hydrogen) atoms. The van der Waals surface area contributed by atoms with Gasteiger partial charge in [0.05, 0.1) is 7.11 Å². The molecule has 9 nitrogen and oxygen atoms in total. The molecule has 0 spiro atoms. The Morgan fingerprint density at radius 2 is 1.83 bits per heavy atom. The first-order chi connectivity index (χ1) is 17.5. The highest BCUT2D eigenvalue weighted by Crippen LogP contribution is 2.26. The van der Waals surface area contributed by atoms with E-state index < -0.39 is 17.7 Å². The summed E-state index contributed by atoms with van der Waals surface area (Å²) in [5.74, 6) is -0.108. The van der Waals surface area contributed by atoms with Crippen molar-refractivity contribution >= 4 is 34.5 Å². The average molecular weight is 517 g/mol. The number of methoxy groups -OCH3 is 1. The maximum absolute atomic E-state index is 13.2. The quantitative estimate of drug-likeness (QED) is 0.384. The zero-order valence-corrected chi connectivity index (χ0v) is 21.7. The SMILES string of the molecule is COc1ccc(CN2CCSC2=NNC(=O)C(=O)C(NC(=O)C2CCCCC2)C2CCOCC2)cc1. The second-order valence-electron chi connectivity index (χ2n) is 9.59. The fourth-order valence-corrected chi connectivity index (χ4v) is 5.96. The van der Waals surface area contributed by atoms with Crippen LogP contribution in [-0.4, -0.2) is 66.3 Å². The zero-order chi connectivity index (χ0) is 25.3. The van der Waals surface area contributed by atoms with Crippen molar-refractivity contribution in [3.63, 3.8) is 0 Å². The van der Waals surface area contributed by atoms with Gasteiger partial charge in [0.2, 0.25) is 11.7 Å². The molecule has 0 aromatic heterocycles. The second kappa shape index (κ2) is 13.1. The van der Waals surface area contributed by atoms with E-state index in [1.165, 1.54) is 11.8 Å². The molecule has 2 saturated heterocycles. The van der Waals surface area contributed by atoms with E-state index in [0.29, 0.717) is 37.8 Å². The van der Waals surface area contributed by atoms with E-state index >= 15 is 0 Å². The minimum Gasteiger partial charge on any atom is -0.497 e. The number of hydrazone groups is 1. The highest BCUT2D eigenvalue weighted by atomic mass is 32.2. The number of rotatable bonds is 9. The van der Waals surface area contributed by atoms with Gasteiger partial charge in [0.1, 0.15) is 11.8 Å². The Hall–Kier alpha value is -2.59. The van der Waals surface area contributed by atoms with E-state index in [2.05, 4.69) is 20.7 Å². The Labute approximate surface area is 216 Å². The number of ether oxygens (including phenoxy) is 2. The maximum Gasteiger partial charge on any atom is 0.309 e. The molecule has 10 heteroatoms. The number of benzene rings is 1. The summed E-state index contributed by atoms with van der Waals surface area (Å²) in [5, 5.41) is 7.88. The molecule has 1 atom stereocenters. The highest BCUT2D eigenvalue weighted by Gasteiger charge is 2.36. The topological polar surface area (TPSA) is 109 Å². The van der Waals surface area contributed by atoms with E-state index in [1.54, 1.807) is 7.11 Å². The lowest BCUT2D eigenvalue weighted by atomic mass is 9.85. The third-order valence-electron chi connectivity index (χ3n) is 7.17. The van der Waals surface area contributed by atoms with Crippen molar-refractivity contribution in [2.75, 3.05) is 32.6 Å². The fraction of sp³-hybridized carbons (Fsp3) is 0.615. The Balaban J connectivity index is 1.38. The third kappa shape index (κ3) is 7.00. The number of carbonyl (C=O) groups excluding carboxylic acids is 3. The van der Waals surface area contributed by atoms with Crippen LogP contribution in [0.15, 0.2) is 29.4 Å². The standard InChI is InChI=1S/C26H36N4O5S/c1-34-21-9-7-18(8-10-21)17-30-13-16-36-26(30)29-28-25(33)23(31)22(19-11-14-35-15-12-19)27-24(32)20-5-3-2-4-6-20/h7-10,19-20,22H,2-6,11-17H2,1H3,(H,27,32)(H,28,33). The van der Waals surface area contributed by atoms with Crippen molar-refractivity contribution in [3.05, 3.63) is 29.8 Å². The van der Waals surface area contributed by atoms with Crippen molar-refractivity contribution in [1.82, 2.24) is 15.6 Å². The van der Waals surface area contributed by atoms with Gasteiger partial charge in [-0.2, -0.15) is 0 Å². The lowest BCUT2D eigenvalue weighted by molar-refractivity contribution is -0.142. The van der Waals surface area contributed by atoms with Crippen LogP contribution >= 0.6 is 11.8 Å². The number of ketones is 1. The molecule has 2 N–H and O–H groups in total. The van der Waals surface area contributed by atoms with Gasteiger partial charge in [0.25, 0.3) is 0 Å². The molecule has 0 radical (unpaired) electrons. The van der Waals surface area contributed by atoms with Crippen LogP contribution in [0.3, 0.4) is 0 Å². The van der Waals surface area contributed by atoms with Crippen LogP contribution < -0.4 is 15.5 Å². The van der Waals surface area contributed by atoms with Crippen LogP contribution in [0.2, 0.25) is 0 Å². The van der Waals surface area contributed by atoms with Gasteiger partial charge in [-0.25, -0.2) is 5.43 Å². The van der Waals surface area contributed by atoms with Crippen LogP contribution in [0.25, 0.3) is 0 Å². The Bertz CT molecular complexity index is 942. The van der Waals surface area contributed by atoms with Crippen LogP contribution in [-0.2, 0) is 25.7 Å². The molecule has 1 aromatic carbocycles. The van der Waals surface area contributed by atoms with E-state index in [1.807, 2.05) is 24.3 Å². The summed E-state index contributed by atoms with van der Waals surface area (Å²) in [6, 6.07) is 6.96. The Kier molecular flexibility index (Phi) is 9.63. The average Bonchev–Trinajstić information content (AvgIpc) is 3.38. The van der Waals surface area contributed by atoms with Gasteiger partial charge in [0.15, 0.2) is 5.17 Å². The van der Waals surface area contributed by atoms with Crippen molar-refractivity contribution in [1.29, 1.82) is 0 Å². The summed E-state index contributed by atoms with van der Waals surface area (Å²) in [4.78, 5) is 41.1. The first kappa shape index (κ1) is 26.5. The molecule has 1 aliphatic carbocycles. The summed E-state index contributed by atoms with van der Waals surface area (Å²) in [7, 11) is 1.63. The summed E-state index contributed by atoms with van der Waals surface area (Å²) in [6.07, 6.45) is 6.13. The van der Waals surface area contributed by atoms with Crippen molar-refractivity contribution in [2.45, 2.75) is 57.5 Å². The highest BCUT2D eigenvalue weighted by molar-refractivity contribution is 8.14. The van der Waals surface area contributed by atoms with Gasteiger partial charge in [-0.1, -0.05) is 43.2 Å². The van der Waals surface area contributed by atoms with Gasteiger partial charge >= 0.3 is 5.91 Å². The van der Waals surface area contributed by atoms with Crippen LogP contribution in [0.4, 0.5) is 0 Å². The number of amides is 2. The van der Waals surface area contributed by atoms with Crippen molar-refractivity contribution in [2.24, 2.45) is 16.9 Å². The third-order valence-corrected chi connectivity index (χ3v) is 8.16. The lowest BCUT2D eigenvalue weighted by Crippen LogP contribution is -2.53. The molecule has 196 valence electrons. The van der Waals surface area contributed by atoms with E-state index in [4.69, 9.17) is 9.47 Å². The van der Waals surface area contributed by atoms with Gasteiger partial charge in [-0.3, -0.25) is 14.4 Å². The minimum atomic E-state index is -0.852. The Morgan fingerprint density at radius 1 is 1.11 bits per heavy atom. The number of hydrogen-bond acceptors (Lipinski definition) is 7. The molecule has 1 saturated carbocycles. The van der Waals surface area contributed by atoms with Crippen LogP contribution in [0.1, 0.15) is 50.5 Å². The smallest absolute Gasteiger partial charge is 0.309 e. The molecule has 3 aliphatic rings. The number of nitrogens with zero attached hydrogens (tertiary/aromatic N) is 2. The van der Waals surface area contributed by atoms with Gasteiger partial charge in [-0.15, -0.1) is 5.10 Å². The first-order valence-electron chi connectivity index (χ1n) is 12.9. The summed E-state index contributed by atoms with van der Waals surface area (Å²) < 4.78 is 10.7. The van der Waals surface area contributed by atoms with Crippen LogP contribution in [0, 0.1) is 11.8 Å². The van der Waals surface area contributed by atoms with Crippen molar-refractivity contribution in [3.8, 4) is 5.75 Å². The maximum atomic E-state index is 13.2. The first-order valence-corrected chi connectivity index (χ1v) is 13.8. The number of carbonyl (C=O) groups is 3. The normalized spacial score (nSPS) is 21.2. The summed E-state index contributed by atoms with van der Waals surface area (Å²) >= 11 is 1.54. The van der Waals surface area contributed by atoms with Gasteiger partial charge < -0.3 is 19.7 Å². The van der Waals surface area contributed by atoms with E-state index in [-0.39, 0.29) is 17.7 Å². The van der Waals surface area contributed by atoms with Crippen LogP contribution in [0.5, 0.6) is 5.75 Å². The van der Waals surface area contributed by atoms with Crippen molar-refractivity contribution < 1.29 is 23.9 Å². The fourth-order valence-electron chi connectivity index (χ4n) is 5.01. The second-order valence-corrected chi connectivity index (χ2v) is 10.7. The molecule has 0 bridgehead atoms. The zero-order valence-electron chi connectivity index (χ0n) is 20.9. The molecule has 4 rings (SSSR count). The minimum absolute atomic E-state index is 0.0846. The lowest BCUT2D eigenvalue weighted by Gasteiger charge is -2.31. The number of nitrogens with one attached hydrogen (secondary N) is 2. The molecule has 2 amide bonds. The van der Waals surface area contributed by atoms with Gasteiger partial charge in [0, 0.05) is 38.0 Å². The molecule has 3 fully saturated rings. The monoisotopic (exact) mass is 516 g/mol. The summed E-state index contributed by atoms with van der Waals surface area (Å²) in [5.41, 5.74) is 3.56. The molecule has 2 heterocycles. The molecule has 1 unspecified atom stereocenters. The molecule has 2 aliphatic heterocycles. The van der Waals surface area contributed by atoms with Gasteiger partial charge in [-0.05, 0) is 49.3 Å². The number of Topliss-reactive ketones (excluding diaryl/α,β-unsaturated/α-hetero) is 1. The summed E-state index contributed by atoms with van der Waals surface area (Å²) in [6.45, 7) is 2.48. The van der Waals surface area contributed by atoms with E-state index in [0.717, 1.165) is 55.7 Å². The predicted molar refractivity (Wildman–Crippen MR) is 138 cm³/mol. The van der Waals surface area contributed by atoms with E-state index in [9.17, 15) is 14.4 Å². The largest absolute Gasteiger partial charge is 0.497 e. The number of thioether (sulfide) groups is 1. The molecular formula is C26H36N4O5S. The number of amidine groups is 1.